The Morgan fingerprint density at radius 1 is 0.892 bits per heavy atom. The maximum Gasteiger partial charge on any atom is 0.420 e. The van der Waals surface area contributed by atoms with Gasteiger partial charge in [0.2, 0.25) is 0 Å². The zero-order valence-corrected chi connectivity index (χ0v) is 19.9. The third-order valence-corrected chi connectivity index (χ3v) is 7.69. The van der Waals surface area contributed by atoms with Crippen LogP contribution in [0.25, 0.3) is 11.3 Å². The summed E-state index contributed by atoms with van der Waals surface area (Å²) in [7, 11) is 0. The molecule has 0 spiro atoms. The van der Waals surface area contributed by atoms with E-state index in [4.69, 9.17) is 4.74 Å². The van der Waals surface area contributed by atoms with Crippen LogP contribution in [-0.2, 0) is 17.1 Å². The molecule has 1 aromatic carbocycles. The number of anilines is 1. The Bertz CT molecular complexity index is 1100. The van der Waals surface area contributed by atoms with Crippen LogP contribution >= 0.6 is 0 Å². The molecule has 2 saturated heterocycles. The Morgan fingerprint density at radius 2 is 1.54 bits per heavy atom. The van der Waals surface area contributed by atoms with Crippen molar-refractivity contribution in [2.75, 3.05) is 38.2 Å². The lowest BCUT2D eigenvalue weighted by Gasteiger charge is -2.28. The zero-order valence-electron chi connectivity index (χ0n) is 19.9. The molecule has 0 amide bonds. The quantitative estimate of drug-likeness (QED) is 0.489. The number of fused-ring (bicyclic) bond motifs is 1. The smallest absolute Gasteiger partial charge is 0.381 e. The maximum atomic E-state index is 13.9. The van der Waals surface area contributed by atoms with E-state index in [1.54, 1.807) is 0 Å². The Kier molecular flexibility index (Phi) is 7.08. The molecule has 0 radical (unpaired) electrons. The van der Waals surface area contributed by atoms with Crippen LogP contribution in [0.2, 0.25) is 0 Å². The molecular weight excluding hydrogens is 505 g/mol. The number of benzene rings is 1. The van der Waals surface area contributed by atoms with E-state index in [1.165, 1.54) is 0 Å². The number of hydrogen-bond donors (Lipinski definition) is 1. The van der Waals surface area contributed by atoms with Crippen molar-refractivity contribution in [1.29, 1.82) is 0 Å². The standard InChI is InChI=1S/C25H27F7N4O/c26-17-1-2-20(24(27,28)29)19(9-17)22-10-21(25(30,31)32)23(35-34-22)33-18-7-15-12-36(13-16(15)8-18)11-14-3-5-37-6-4-14/h1-2,9-10,14-16,18H,3-8,11-13H2,(H,33,35)/t15-,16-/m1/s1. The summed E-state index contributed by atoms with van der Waals surface area (Å²) in [5, 5.41) is 10.1. The highest BCUT2D eigenvalue weighted by atomic mass is 19.4. The van der Waals surface area contributed by atoms with E-state index in [-0.39, 0.29) is 6.04 Å². The molecule has 1 saturated carbocycles. The number of halogens is 7. The number of likely N-dealkylation sites (tertiary alicyclic amines) is 1. The second-order valence-corrected chi connectivity index (χ2v) is 10.3. The first kappa shape index (κ1) is 26.1. The lowest BCUT2D eigenvalue weighted by Crippen LogP contribution is -2.32. The van der Waals surface area contributed by atoms with Crippen molar-refractivity contribution >= 4 is 5.82 Å². The molecule has 37 heavy (non-hydrogen) atoms. The summed E-state index contributed by atoms with van der Waals surface area (Å²) in [6.45, 7) is 4.39. The van der Waals surface area contributed by atoms with Crippen LogP contribution in [0.5, 0.6) is 0 Å². The number of aromatic nitrogens is 2. The van der Waals surface area contributed by atoms with Gasteiger partial charge in [-0.3, -0.25) is 0 Å². The van der Waals surface area contributed by atoms with Crippen molar-refractivity contribution in [3.63, 3.8) is 0 Å². The minimum Gasteiger partial charge on any atom is -0.381 e. The highest BCUT2D eigenvalue weighted by Crippen LogP contribution is 2.43. The summed E-state index contributed by atoms with van der Waals surface area (Å²) in [6, 6.07) is 1.85. The number of rotatable bonds is 5. The van der Waals surface area contributed by atoms with Crippen LogP contribution in [0.3, 0.4) is 0 Å². The number of alkyl halides is 6. The van der Waals surface area contributed by atoms with Crippen molar-refractivity contribution in [1.82, 2.24) is 15.1 Å². The number of hydrogen-bond acceptors (Lipinski definition) is 5. The van der Waals surface area contributed by atoms with Gasteiger partial charge in [-0.05, 0) is 67.7 Å². The normalized spacial score (nSPS) is 24.0. The molecule has 3 heterocycles. The molecule has 3 fully saturated rings. The molecule has 5 rings (SSSR count). The van der Waals surface area contributed by atoms with Gasteiger partial charge in [0.05, 0.1) is 11.3 Å². The van der Waals surface area contributed by atoms with Gasteiger partial charge in [-0.25, -0.2) is 4.39 Å². The Balaban J connectivity index is 1.31. The summed E-state index contributed by atoms with van der Waals surface area (Å²) in [5.74, 6) is -0.212. The van der Waals surface area contributed by atoms with Crippen LogP contribution in [0.4, 0.5) is 36.6 Å². The molecule has 1 aromatic heterocycles. The van der Waals surface area contributed by atoms with Gasteiger partial charge in [0.1, 0.15) is 11.4 Å². The zero-order chi connectivity index (χ0) is 26.4. The van der Waals surface area contributed by atoms with Gasteiger partial charge in [0.25, 0.3) is 0 Å². The molecule has 3 aliphatic rings. The van der Waals surface area contributed by atoms with Gasteiger partial charge in [-0.15, -0.1) is 10.2 Å². The minimum absolute atomic E-state index is 0.249. The highest BCUT2D eigenvalue weighted by Gasteiger charge is 2.43. The predicted molar refractivity (Wildman–Crippen MR) is 121 cm³/mol. The predicted octanol–water partition coefficient (Wildman–Crippen LogP) is 5.87. The molecule has 12 heteroatoms. The highest BCUT2D eigenvalue weighted by molar-refractivity contribution is 5.67. The van der Waals surface area contributed by atoms with Crippen molar-refractivity contribution in [2.45, 2.75) is 44.1 Å². The monoisotopic (exact) mass is 532 g/mol. The summed E-state index contributed by atoms with van der Waals surface area (Å²) < 4.78 is 101. The second kappa shape index (κ2) is 10.0. The van der Waals surface area contributed by atoms with Gasteiger partial charge in [-0.2, -0.15) is 26.3 Å². The summed E-state index contributed by atoms with van der Waals surface area (Å²) in [4.78, 5) is 2.44. The average molecular weight is 533 g/mol. The molecule has 0 unspecified atom stereocenters. The molecule has 1 N–H and O–H groups in total. The Labute approximate surface area is 209 Å². The fraction of sp³-hybridized carbons (Fsp3) is 0.600. The lowest BCUT2D eigenvalue weighted by molar-refractivity contribution is -0.137. The van der Waals surface area contributed by atoms with E-state index in [0.29, 0.717) is 54.9 Å². The van der Waals surface area contributed by atoms with Gasteiger partial charge in [0, 0.05) is 44.5 Å². The third-order valence-electron chi connectivity index (χ3n) is 7.69. The topological polar surface area (TPSA) is 50.3 Å². The van der Waals surface area contributed by atoms with Gasteiger partial charge in [-0.1, -0.05) is 0 Å². The van der Waals surface area contributed by atoms with Crippen LogP contribution in [0, 0.1) is 23.6 Å². The number of nitrogens with zero attached hydrogens (tertiary/aromatic N) is 3. The van der Waals surface area contributed by atoms with E-state index in [0.717, 1.165) is 45.7 Å². The summed E-state index contributed by atoms with van der Waals surface area (Å²) in [5.41, 5.74) is -4.01. The largest absolute Gasteiger partial charge is 0.420 e. The van der Waals surface area contributed by atoms with Crippen LogP contribution < -0.4 is 5.32 Å². The van der Waals surface area contributed by atoms with E-state index in [2.05, 4.69) is 20.4 Å². The van der Waals surface area contributed by atoms with Crippen LogP contribution in [-0.4, -0.2) is 54.0 Å². The number of ether oxygens (including phenoxy) is 1. The van der Waals surface area contributed by atoms with Gasteiger partial charge in [0.15, 0.2) is 5.82 Å². The fourth-order valence-corrected chi connectivity index (χ4v) is 5.97. The van der Waals surface area contributed by atoms with Crippen molar-refractivity contribution in [3.8, 4) is 11.3 Å². The van der Waals surface area contributed by atoms with Crippen molar-refractivity contribution in [3.05, 3.63) is 41.2 Å². The van der Waals surface area contributed by atoms with E-state index >= 15 is 0 Å². The first-order chi connectivity index (χ1) is 17.5. The molecule has 202 valence electrons. The summed E-state index contributed by atoms with van der Waals surface area (Å²) in [6.07, 6.45) is -6.35. The molecular formula is C25H27F7N4O. The first-order valence-corrected chi connectivity index (χ1v) is 12.4. The number of nitrogens with one attached hydrogen (secondary N) is 1. The molecule has 2 aromatic rings. The van der Waals surface area contributed by atoms with E-state index < -0.39 is 46.4 Å². The third kappa shape index (κ3) is 5.84. The molecule has 1 aliphatic carbocycles. The van der Waals surface area contributed by atoms with Gasteiger partial charge >= 0.3 is 12.4 Å². The van der Waals surface area contributed by atoms with Crippen molar-refractivity contribution < 1.29 is 35.5 Å². The first-order valence-electron chi connectivity index (χ1n) is 12.4. The van der Waals surface area contributed by atoms with Crippen LogP contribution in [0.1, 0.15) is 36.8 Å². The minimum atomic E-state index is -4.90. The van der Waals surface area contributed by atoms with Gasteiger partial charge < -0.3 is 15.0 Å². The van der Waals surface area contributed by atoms with Crippen molar-refractivity contribution in [2.24, 2.45) is 17.8 Å². The average Bonchev–Trinajstić information content (AvgIpc) is 3.36. The second-order valence-electron chi connectivity index (χ2n) is 10.3. The lowest BCUT2D eigenvalue weighted by atomic mass is 10.00. The Hall–Kier alpha value is -2.47. The molecule has 2 aliphatic heterocycles. The molecule has 0 bridgehead atoms. The van der Waals surface area contributed by atoms with E-state index in [9.17, 15) is 30.7 Å². The Morgan fingerprint density at radius 3 is 2.16 bits per heavy atom. The van der Waals surface area contributed by atoms with Crippen LogP contribution in [0.15, 0.2) is 24.3 Å². The molecule has 2 atom stereocenters. The fourth-order valence-electron chi connectivity index (χ4n) is 5.97. The maximum absolute atomic E-state index is 13.9. The summed E-state index contributed by atoms with van der Waals surface area (Å²) >= 11 is 0. The van der Waals surface area contributed by atoms with E-state index in [1.807, 2.05) is 0 Å². The SMILES string of the molecule is Fc1ccc(C(F)(F)F)c(-c2cc(C(F)(F)F)c(NC3C[C@@H]4CN(CC5CCOCC5)C[C@H]4C3)nn2)c1. The molecule has 5 nitrogen and oxygen atoms in total.